The topological polar surface area (TPSA) is 29.5 Å². The van der Waals surface area contributed by atoms with Gasteiger partial charge in [-0.2, -0.15) is 0 Å². The minimum Gasteiger partial charge on any atom is -0.497 e. The van der Waals surface area contributed by atoms with Crippen molar-refractivity contribution in [1.29, 1.82) is 0 Å². The van der Waals surface area contributed by atoms with Crippen LogP contribution in [0.5, 0.6) is 5.75 Å². The van der Waals surface area contributed by atoms with Gasteiger partial charge in [-0.25, -0.2) is 0 Å². The number of carbonyl (C=O) groups is 1. The number of carbonyl (C=O) groups excluding carboxylic acids is 1. The number of nitrogens with zero attached hydrogens (tertiary/aromatic N) is 1. The lowest BCUT2D eigenvalue weighted by molar-refractivity contribution is -0.116. The smallest absolute Gasteiger partial charge is 0.237 e. The minimum atomic E-state index is 0.193. The quantitative estimate of drug-likeness (QED) is 0.671. The van der Waals surface area contributed by atoms with Crippen LogP contribution in [0.2, 0.25) is 0 Å². The molecule has 0 N–H and O–H groups in total. The summed E-state index contributed by atoms with van der Waals surface area (Å²) in [5, 5.41) is 0. The molecule has 0 bridgehead atoms. The van der Waals surface area contributed by atoms with E-state index in [-0.39, 0.29) is 5.91 Å². The third-order valence-electron chi connectivity index (χ3n) is 4.66. The third-order valence-corrected chi connectivity index (χ3v) is 5.66. The number of thioether (sulfide) groups is 1. The molecular weight excluding hydrogens is 330 g/mol. The van der Waals surface area contributed by atoms with Gasteiger partial charge in [0.05, 0.1) is 12.9 Å². The fraction of sp³-hybridized carbons (Fsp3) is 0.381. The molecule has 3 nitrogen and oxygen atoms in total. The number of benzene rings is 2. The van der Waals surface area contributed by atoms with Gasteiger partial charge in [-0.05, 0) is 49.2 Å². The molecule has 0 unspecified atom stereocenters. The molecule has 25 heavy (non-hydrogen) atoms. The molecule has 1 aliphatic carbocycles. The van der Waals surface area contributed by atoms with E-state index in [9.17, 15) is 4.79 Å². The van der Waals surface area contributed by atoms with E-state index in [0.29, 0.717) is 11.8 Å². The predicted octanol–water partition coefficient (Wildman–Crippen LogP) is 5.15. The molecule has 1 fully saturated rings. The number of rotatable bonds is 6. The lowest BCUT2D eigenvalue weighted by Gasteiger charge is -2.34. The van der Waals surface area contributed by atoms with E-state index in [1.54, 1.807) is 18.9 Å². The molecule has 0 radical (unpaired) electrons. The van der Waals surface area contributed by atoms with Gasteiger partial charge in [-0.3, -0.25) is 4.79 Å². The number of amides is 1. The van der Waals surface area contributed by atoms with E-state index >= 15 is 0 Å². The van der Waals surface area contributed by atoms with Crippen LogP contribution in [0.15, 0.2) is 59.5 Å². The molecule has 1 saturated carbocycles. The summed E-state index contributed by atoms with van der Waals surface area (Å²) in [5.74, 6) is 1.49. The van der Waals surface area contributed by atoms with Crippen molar-refractivity contribution >= 4 is 23.4 Å². The van der Waals surface area contributed by atoms with Crippen molar-refractivity contribution in [2.75, 3.05) is 17.8 Å². The summed E-state index contributed by atoms with van der Waals surface area (Å²) in [7, 11) is 1.66. The number of para-hydroxylation sites is 1. The van der Waals surface area contributed by atoms with Crippen LogP contribution in [-0.2, 0) is 4.79 Å². The van der Waals surface area contributed by atoms with Gasteiger partial charge >= 0.3 is 0 Å². The Morgan fingerprint density at radius 1 is 1.04 bits per heavy atom. The summed E-state index contributed by atoms with van der Waals surface area (Å²) in [6, 6.07) is 18.3. The molecular formula is C21H25NO2S. The number of hydrogen-bond acceptors (Lipinski definition) is 3. The van der Waals surface area contributed by atoms with Crippen molar-refractivity contribution in [2.24, 2.45) is 0 Å². The third kappa shape index (κ3) is 4.79. The average molecular weight is 356 g/mol. The van der Waals surface area contributed by atoms with Crippen LogP contribution in [-0.4, -0.2) is 24.8 Å². The van der Waals surface area contributed by atoms with Gasteiger partial charge in [-0.15, -0.1) is 11.8 Å². The summed E-state index contributed by atoms with van der Waals surface area (Å²) < 4.78 is 5.19. The molecule has 0 spiro atoms. The Kier molecular flexibility index (Phi) is 6.40. The molecule has 132 valence electrons. The summed E-state index contributed by atoms with van der Waals surface area (Å²) >= 11 is 1.59. The van der Waals surface area contributed by atoms with Gasteiger partial charge in [-0.1, -0.05) is 37.5 Å². The van der Waals surface area contributed by atoms with E-state index in [1.165, 1.54) is 19.3 Å². The van der Waals surface area contributed by atoms with Gasteiger partial charge in [0.2, 0.25) is 5.91 Å². The highest BCUT2D eigenvalue weighted by Gasteiger charge is 2.26. The monoisotopic (exact) mass is 355 g/mol. The Morgan fingerprint density at radius 3 is 2.36 bits per heavy atom. The number of methoxy groups -OCH3 is 1. The molecule has 4 heteroatoms. The van der Waals surface area contributed by atoms with Gasteiger partial charge < -0.3 is 9.64 Å². The first kappa shape index (κ1) is 17.9. The Hall–Kier alpha value is -1.94. The van der Waals surface area contributed by atoms with E-state index in [1.807, 2.05) is 59.5 Å². The Labute approximate surface area is 154 Å². The van der Waals surface area contributed by atoms with Crippen LogP contribution in [0.1, 0.15) is 32.1 Å². The molecule has 0 aliphatic heterocycles. The second-order valence-corrected chi connectivity index (χ2v) is 7.40. The van der Waals surface area contributed by atoms with Crippen molar-refractivity contribution in [3.05, 3.63) is 54.6 Å². The van der Waals surface area contributed by atoms with Gasteiger partial charge in [0.25, 0.3) is 0 Å². The Morgan fingerprint density at radius 2 is 1.72 bits per heavy atom. The van der Waals surface area contributed by atoms with Crippen LogP contribution in [0.4, 0.5) is 5.69 Å². The lowest BCUT2D eigenvalue weighted by atomic mass is 9.93. The maximum Gasteiger partial charge on any atom is 0.237 e. The largest absolute Gasteiger partial charge is 0.497 e. The van der Waals surface area contributed by atoms with E-state index in [0.717, 1.165) is 29.2 Å². The van der Waals surface area contributed by atoms with Gasteiger partial charge in [0.1, 0.15) is 5.75 Å². The SMILES string of the molecule is COc1ccc(SCC(=O)N(c2ccccc2)C2CCCCC2)cc1. The number of ether oxygens (including phenoxy) is 1. The highest BCUT2D eigenvalue weighted by molar-refractivity contribution is 8.00. The molecule has 0 saturated heterocycles. The zero-order valence-electron chi connectivity index (χ0n) is 14.7. The maximum atomic E-state index is 13.0. The first-order valence-corrected chi connectivity index (χ1v) is 9.90. The van der Waals surface area contributed by atoms with Gasteiger partial charge in [0, 0.05) is 16.6 Å². The van der Waals surface area contributed by atoms with Crippen molar-refractivity contribution in [3.63, 3.8) is 0 Å². The molecule has 1 amide bonds. The normalized spacial score (nSPS) is 14.9. The van der Waals surface area contributed by atoms with Crippen LogP contribution < -0.4 is 9.64 Å². The summed E-state index contributed by atoms with van der Waals surface area (Å²) in [6.07, 6.45) is 5.93. The molecule has 3 rings (SSSR count). The van der Waals surface area contributed by atoms with Crippen molar-refractivity contribution in [1.82, 2.24) is 0 Å². The fourth-order valence-electron chi connectivity index (χ4n) is 3.37. The maximum absolute atomic E-state index is 13.0. The minimum absolute atomic E-state index is 0.193. The zero-order chi connectivity index (χ0) is 17.5. The molecule has 2 aromatic carbocycles. The average Bonchev–Trinajstić information content (AvgIpc) is 2.69. The lowest BCUT2D eigenvalue weighted by Crippen LogP contribution is -2.42. The first-order chi connectivity index (χ1) is 12.3. The van der Waals surface area contributed by atoms with Crippen molar-refractivity contribution in [3.8, 4) is 5.75 Å². The molecule has 1 aliphatic rings. The number of anilines is 1. The first-order valence-electron chi connectivity index (χ1n) is 8.92. The molecule has 2 aromatic rings. The molecule has 0 aromatic heterocycles. The highest BCUT2D eigenvalue weighted by atomic mass is 32.2. The molecule has 0 heterocycles. The standard InChI is InChI=1S/C21H25NO2S/c1-24-19-12-14-20(15-13-19)25-16-21(23)22(17-8-4-2-5-9-17)18-10-6-3-7-11-18/h2,4-5,8-9,12-15,18H,3,6-7,10-11,16H2,1H3. The second-order valence-electron chi connectivity index (χ2n) is 6.36. The van der Waals surface area contributed by atoms with Crippen molar-refractivity contribution < 1.29 is 9.53 Å². The van der Waals surface area contributed by atoms with Crippen LogP contribution >= 0.6 is 11.8 Å². The summed E-state index contributed by atoms with van der Waals surface area (Å²) in [4.78, 5) is 16.1. The number of hydrogen-bond donors (Lipinski definition) is 0. The summed E-state index contributed by atoms with van der Waals surface area (Å²) in [6.45, 7) is 0. The van der Waals surface area contributed by atoms with Crippen LogP contribution in [0.3, 0.4) is 0 Å². The van der Waals surface area contributed by atoms with E-state index in [4.69, 9.17) is 4.74 Å². The van der Waals surface area contributed by atoms with Gasteiger partial charge in [0.15, 0.2) is 0 Å². The predicted molar refractivity (Wildman–Crippen MR) is 105 cm³/mol. The highest BCUT2D eigenvalue weighted by Crippen LogP contribution is 2.29. The van der Waals surface area contributed by atoms with E-state index in [2.05, 4.69) is 0 Å². The van der Waals surface area contributed by atoms with Crippen LogP contribution in [0.25, 0.3) is 0 Å². The van der Waals surface area contributed by atoms with Crippen molar-refractivity contribution in [2.45, 2.75) is 43.0 Å². The molecule has 0 atom stereocenters. The fourth-order valence-corrected chi connectivity index (χ4v) is 4.13. The zero-order valence-corrected chi connectivity index (χ0v) is 15.5. The van der Waals surface area contributed by atoms with E-state index < -0.39 is 0 Å². The Bertz CT molecular complexity index is 666. The second kappa shape index (κ2) is 8.95. The summed E-state index contributed by atoms with van der Waals surface area (Å²) in [5.41, 5.74) is 1.02. The Balaban J connectivity index is 1.69. The van der Waals surface area contributed by atoms with Crippen LogP contribution in [0, 0.1) is 0 Å².